The Balaban J connectivity index is 1.92. The third-order valence-electron chi connectivity index (χ3n) is 7.78. The van der Waals surface area contributed by atoms with E-state index in [1.54, 1.807) is 6.08 Å². The van der Waals surface area contributed by atoms with Gasteiger partial charge in [0.15, 0.2) is 0 Å². The Morgan fingerprint density at radius 2 is 1.38 bits per heavy atom. The molecule has 2 rings (SSSR count). The molecular weight excluding hydrogens is 484 g/mol. The fourth-order valence-electron chi connectivity index (χ4n) is 5.44. The number of aryl methyl sites for hydroxylation is 2. The Morgan fingerprint density at radius 3 is 2.08 bits per heavy atom. The second-order valence-corrected chi connectivity index (χ2v) is 11.2. The molecule has 2 heteroatoms. The van der Waals surface area contributed by atoms with Crippen molar-refractivity contribution in [1.29, 1.82) is 0 Å². The standard InChI is InChI=1S/C38H54N2/c1-4-6-8-9-10-11-12-13-14-15-16-17-18-19-20-26-35-27-21-22-29-37(35)38(33(3)30-31-40-39)36-28-23-25-34(32-36)24-7-5-2/h18-19,21-23,25,27-30,32H,4-17,20,24,26H2,1-3H3. The molecule has 0 N–H and O–H groups in total. The molecule has 0 saturated heterocycles. The van der Waals surface area contributed by atoms with Crippen molar-refractivity contribution in [3.8, 4) is 0 Å². The smallest absolute Gasteiger partial charge is 0.299 e. The molecule has 2 nitrogen and oxygen atoms in total. The topological polar surface area (TPSA) is 36.4 Å². The lowest BCUT2D eigenvalue weighted by molar-refractivity contribution is 0.00801. The van der Waals surface area contributed by atoms with Crippen LogP contribution in [0.4, 0.5) is 0 Å². The first-order valence-corrected chi connectivity index (χ1v) is 16.2. The number of allylic oxidation sites excluding steroid dienone is 4. The van der Waals surface area contributed by atoms with Crippen molar-refractivity contribution >= 4 is 11.4 Å². The molecule has 0 aromatic heterocycles. The van der Waals surface area contributed by atoms with Crippen molar-refractivity contribution in [1.82, 2.24) is 0 Å². The van der Waals surface area contributed by atoms with Crippen LogP contribution in [0.3, 0.4) is 0 Å². The SMILES string of the molecule is CCCCCCCCCCCCCC=CCCc1ccccc1C(=C(C)C=C=[N+]=[N-])c1cccc(CCCC)c1. The van der Waals surface area contributed by atoms with Crippen LogP contribution in [0.25, 0.3) is 11.1 Å². The van der Waals surface area contributed by atoms with Gasteiger partial charge in [0.05, 0.1) is 6.08 Å². The van der Waals surface area contributed by atoms with Crippen LogP contribution in [0.5, 0.6) is 0 Å². The molecule has 0 fully saturated rings. The first-order valence-electron chi connectivity index (χ1n) is 16.2. The van der Waals surface area contributed by atoms with Crippen LogP contribution < -0.4 is 0 Å². The average molecular weight is 539 g/mol. The molecule has 0 heterocycles. The second-order valence-electron chi connectivity index (χ2n) is 11.2. The van der Waals surface area contributed by atoms with E-state index in [1.807, 2.05) is 0 Å². The molecule has 0 spiro atoms. The minimum Gasteiger partial charge on any atom is -0.348 e. The van der Waals surface area contributed by atoms with Gasteiger partial charge in [0.25, 0.3) is 5.87 Å². The normalized spacial score (nSPS) is 11.8. The predicted molar refractivity (Wildman–Crippen MR) is 175 cm³/mol. The number of hydrogen-bond donors (Lipinski definition) is 0. The average Bonchev–Trinajstić information content (AvgIpc) is 2.98. The van der Waals surface area contributed by atoms with E-state index in [9.17, 15) is 0 Å². The van der Waals surface area contributed by atoms with Gasteiger partial charge in [0.2, 0.25) is 0 Å². The lowest BCUT2D eigenvalue weighted by atomic mass is 9.88. The molecule has 2 aromatic rings. The summed E-state index contributed by atoms with van der Waals surface area (Å²) in [5.41, 5.74) is 16.4. The van der Waals surface area contributed by atoms with Crippen molar-refractivity contribution in [3.63, 3.8) is 0 Å². The van der Waals surface area contributed by atoms with Crippen molar-refractivity contribution in [3.05, 3.63) is 100 Å². The van der Waals surface area contributed by atoms with E-state index in [0.29, 0.717) is 0 Å². The van der Waals surface area contributed by atoms with Crippen molar-refractivity contribution in [2.24, 2.45) is 0 Å². The lowest BCUT2D eigenvalue weighted by Crippen LogP contribution is -1.99. The van der Waals surface area contributed by atoms with Gasteiger partial charge in [0, 0.05) is 0 Å². The summed E-state index contributed by atoms with van der Waals surface area (Å²) < 4.78 is 0. The van der Waals surface area contributed by atoms with Gasteiger partial charge < -0.3 is 5.53 Å². The van der Waals surface area contributed by atoms with Crippen molar-refractivity contribution in [2.45, 2.75) is 130 Å². The molecule has 2 aromatic carbocycles. The Labute approximate surface area is 245 Å². The maximum atomic E-state index is 8.99. The van der Waals surface area contributed by atoms with Crippen molar-refractivity contribution in [2.75, 3.05) is 0 Å². The molecule has 0 atom stereocenters. The van der Waals surface area contributed by atoms with Crippen LogP contribution in [0, 0.1) is 0 Å². The molecule has 0 unspecified atom stereocenters. The number of benzene rings is 2. The van der Waals surface area contributed by atoms with Crippen LogP contribution in [0.1, 0.15) is 139 Å². The summed E-state index contributed by atoms with van der Waals surface area (Å²) in [6.45, 7) is 6.60. The molecular formula is C38H54N2. The summed E-state index contributed by atoms with van der Waals surface area (Å²) >= 11 is 0. The van der Waals surface area contributed by atoms with Gasteiger partial charge in [-0.3, -0.25) is 0 Å². The Kier molecular flexibility index (Phi) is 18.2. The van der Waals surface area contributed by atoms with Gasteiger partial charge in [-0.1, -0.05) is 145 Å². The molecule has 0 aliphatic heterocycles. The first kappa shape index (κ1) is 33.3. The second kappa shape index (κ2) is 21.8. The van der Waals surface area contributed by atoms with E-state index >= 15 is 0 Å². The lowest BCUT2D eigenvalue weighted by Gasteiger charge is -2.16. The Morgan fingerprint density at radius 1 is 0.725 bits per heavy atom. The summed E-state index contributed by atoms with van der Waals surface area (Å²) in [6, 6.07) is 17.7. The predicted octanol–water partition coefficient (Wildman–Crippen LogP) is 11.5. The molecule has 0 bridgehead atoms. The number of nitrogens with zero attached hydrogens (tertiary/aromatic N) is 2. The number of hydrogen-bond acceptors (Lipinski definition) is 0. The highest BCUT2D eigenvalue weighted by Crippen LogP contribution is 2.31. The summed E-state index contributed by atoms with van der Waals surface area (Å²) in [6.07, 6.45) is 28.6. The largest absolute Gasteiger partial charge is 0.348 e. The van der Waals surface area contributed by atoms with Crippen LogP contribution >= 0.6 is 0 Å². The highest BCUT2D eigenvalue weighted by molar-refractivity contribution is 5.86. The Bertz CT molecular complexity index is 1110. The van der Waals surface area contributed by atoms with E-state index in [2.05, 4.69) is 92.1 Å². The monoisotopic (exact) mass is 538 g/mol. The molecule has 0 amide bonds. The van der Waals surface area contributed by atoms with Gasteiger partial charge in [-0.2, -0.15) is 0 Å². The van der Waals surface area contributed by atoms with Crippen LogP contribution in [-0.4, -0.2) is 10.7 Å². The zero-order chi connectivity index (χ0) is 28.7. The van der Waals surface area contributed by atoms with E-state index in [4.69, 9.17) is 5.53 Å². The molecule has 40 heavy (non-hydrogen) atoms. The highest BCUT2D eigenvalue weighted by Gasteiger charge is 2.13. The summed E-state index contributed by atoms with van der Waals surface area (Å²) in [4.78, 5) is 3.10. The van der Waals surface area contributed by atoms with E-state index < -0.39 is 0 Å². The maximum absolute atomic E-state index is 8.99. The molecule has 0 aliphatic carbocycles. The van der Waals surface area contributed by atoms with Gasteiger partial charge in [-0.05, 0) is 78.8 Å². The molecule has 216 valence electrons. The van der Waals surface area contributed by atoms with Gasteiger partial charge >= 0.3 is 0 Å². The summed E-state index contributed by atoms with van der Waals surface area (Å²) in [5, 5.41) is 0. The summed E-state index contributed by atoms with van der Waals surface area (Å²) in [7, 11) is 0. The maximum Gasteiger partial charge on any atom is 0.299 e. The zero-order valence-corrected chi connectivity index (χ0v) is 25.8. The number of unbranched alkanes of at least 4 members (excludes halogenated alkanes) is 12. The molecule has 0 radical (unpaired) electrons. The van der Waals surface area contributed by atoms with E-state index in [-0.39, 0.29) is 0 Å². The van der Waals surface area contributed by atoms with Gasteiger partial charge in [0.1, 0.15) is 0 Å². The highest BCUT2D eigenvalue weighted by atomic mass is 14.8. The fraction of sp³-hybridized carbons (Fsp3) is 0.526. The fourth-order valence-corrected chi connectivity index (χ4v) is 5.44. The Hall–Kier alpha value is -2.92. The van der Waals surface area contributed by atoms with E-state index in [1.165, 1.54) is 118 Å². The molecule has 0 saturated carbocycles. The minimum absolute atomic E-state index is 1.01. The molecule has 0 aliphatic rings. The van der Waals surface area contributed by atoms with Crippen LogP contribution in [0.2, 0.25) is 0 Å². The quantitative estimate of drug-likeness (QED) is 0.0378. The van der Waals surface area contributed by atoms with Gasteiger partial charge in [-0.15, -0.1) is 4.79 Å². The summed E-state index contributed by atoms with van der Waals surface area (Å²) in [5.74, 6) is 2.62. The third kappa shape index (κ3) is 13.4. The van der Waals surface area contributed by atoms with Gasteiger partial charge in [-0.25, -0.2) is 0 Å². The minimum atomic E-state index is 1.01. The van der Waals surface area contributed by atoms with Crippen molar-refractivity contribution < 1.29 is 4.79 Å². The zero-order valence-electron chi connectivity index (χ0n) is 25.8. The first-order chi connectivity index (χ1) is 19.7. The third-order valence-corrected chi connectivity index (χ3v) is 7.78. The van der Waals surface area contributed by atoms with E-state index in [0.717, 1.165) is 24.8 Å². The number of rotatable bonds is 21. The van der Waals surface area contributed by atoms with Crippen LogP contribution in [0.15, 0.2) is 72.3 Å². The van der Waals surface area contributed by atoms with Crippen LogP contribution in [-0.2, 0) is 12.8 Å².